The first kappa shape index (κ1) is 50.5. The molecule has 2 N–H and O–H groups in total. The number of rotatable bonds is 20. The molecule has 0 spiro atoms. The number of unbranched alkanes of at least 4 members (excludes halogenated alkanes) is 5. The number of Topliss-reactive ketones (excluding diaryl/α,β-unsaturated/α-hetero) is 2. The summed E-state index contributed by atoms with van der Waals surface area (Å²) in [5, 5.41) is 9.46. The Morgan fingerprint density at radius 3 is 2.33 bits per heavy atom. The molecule has 1 aliphatic heterocycles. The number of amides is 3. The van der Waals surface area contributed by atoms with Gasteiger partial charge in [0.15, 0.2) is 0 Å². The van der Waals surface area contributed by atoms with E-state index in [0.717, 1.165) is 69.1 Å². The maximum Gasteiger partial charge on any atom is 1.00 e. The molecule has 63 heavy (non-hydrogen) atoms. The van der Waals surface area contributed by atoms with E-state index in [-0.39, 0.29) is 60.2 Å². The zero-order valence-corrected chi connectivity index (χ0v) is 37.2. The number of sulfone groups is 1. The van der Waals surface area contributed by atoms with Crippen LogP contribution in [0.2, 0.25) is 0 Å². The Labute approximate surface area is 382 Å². The number of anilines is 1. The zero-order valence-electron chi connectivity index (χ0n) is 36.4. The summed E-state index contributed by atoms with van der Waals surface area (Å²) in [6, 6.07) is 18.8. The van der Waals surface area contributed by atoms with Crippen molar-refractivity contribution in [1.82, 2.24) is 30.0 Å². The standard InChI is InChI=1S/C30H42N6O4S.C16H14NO4.Li/c1-4-35(5-2)29(37)14-10-8-6-7-9-11-23-40-26-17-15-25(16-18-26)27-24-28(34-30(33-27)41(3,38)39)31-19-12-21-36-22-13-20-32-36;18-13-7-5-11(12-6-8-14(19)17-16(12)21)15(20)10-4-2-1-3-9(10)13;/h13,15-18,20,22,24H,1-2,4-12,14,19,21,23H2,3H3,(H,31,33,34);1-2,4,11-12H,5-8H2,(H,17,19,21);/q-2;-1;+1. The molecule has 2 unspecified atom stereocenters. The van der Waals surface area contributed by atoms with Crippen LogP contribution < -0.4 is 34.2 Å². The summed E-state index contributed by atoms with van der Waals surface area (Å²) < 4.78 is 32.2. The Kier molecular flexibility index (Phi) is 20.2. The summed E-state index contributed by atoms with van der Waals surface area (Å²) in [7, 11) is -3.59. The third kappa shape index (κ3) is 15.3. The van der Waals surface area contributed by atoms with Crippen molar-refractivity contribution in [2.45, 2.75) is 88.8 Å². The maximum absolute atomic E-state index is 12.7. The van der Waals surface area contributed by atoms with E-state index in [4.69, 9.17) is 4.74 Å². The van der Waals surface area contributed by atoms with Crippen LogP contribution in [0.15, 0.2) is 72.1 Å². The van der Waals surface area contributed by atoms with E-state index in [1.807, 2.05) is 41.2 Å². The summed E-state index contributed by atoms with van der Waals surface area (Å²) in [4.78, 5) is 70.1. The van der Waals surface area contributed by atoms with E-state index >= 15 is 0 Å². The number of fused-ring (bicyclic) bond motifs is 1. The number of carbonyl (C=O) groups is 5. The number of carbonyl (C=O) groups excluding carboxylic acids is 5. The minimum absolute atomic E-state index is 0. The number of hydrogen-bond acceptors (Lipinski definition) is 12. The van der Waals surface area contributed by atoms with Crippen molar-refractivity contribution in [1.29, 1.82) is 0 Å². The van der Waals surface area contributed by atoms with Crippen molar-refractivity contribution >= 4 is 44.9 Å². The van der Waals surface area contributed by atoms with Crippen LogP contribution in [0.5, 0.6) is 5.75 Å². The molecule has 6 rings (SSSR count). The molecular weight excluding hydrogens is 818 g/mol. The van der Waals surface area contributed by atoms with Crippen LogP contribution in [0.3, 0.4) is 0 Å². The van der Waals surface area contributed by atoms with Gasteiger partial charge in [-0.05, 0) is 68.9 Å². The van der Waals surface area contributed by atoms with E-state index < -0.39 is 27.6 Å². The minimum Gasteiger partial charge on any atom is -0.494 e. The molecule has 3 heterocycles. The number of nitrogens with one attached hydrogen (secondary N) is 2. The number of aryl methyl sites for hydroxylation is 1. The molecule has 3 amide bonds. The topological polar surface area (TPSA) is 200 Å². The van der Waals surface area contributed by atoms with Crippen LogP contribution in [0.4, 0.5) is 5.82 Å². The van der Waals surface area contributed by atoms with Crippen molar-refractivity contribution in [3.05, 3.63) is 98.0 Å². The number of aromatic nitrogens is 4. The van der Waals surface area contributed by atoms with Crippen molar-refractivity contribution in [3.63, 3.8) is 0 Å². The largest absolute Gasteiger partial charge is 1.00 e. The Morgan fingerprint density at radius 1 is 0.937 bits per heavy atom. The number of hydrogen-bond donors (Lipinski definition) is 2. The van der Waals surface area contributed by atoms with Gasteiger partial charge in [-0.25, -0.2) is 18.4 Å². The van der Waals surface area contributed by atoms with Gasteiger partial charge in [0.1, 0.15) is 17.4 Å². The molecule has 2 aromatic heterocycles. The fourth-order valence-corrected chi connectivity index (χ4v) is 7.86. The molecule has 2 atom stereocenters. The Morgan fingerprint density at radius 2 is 1.65 bits per heavy atom. The molecule has 1 fully saturated rings. The number of benzene rings is 2. The predicted molar refractivity (Wildman–Crippen MR) is 234 cm³/mol. The quantitative estimate of drug-likeness (QED) is 0.0329. The van der Waals surface area contributed by atoms with E-state index in [0.29, 0.717) is 68.1 Å². The third-order valence-corrected chi connectivity index (χ3v) is 11.6. The average Bonchev–Trinajstić information content (AvgIpc) is 3.75. The van der Waals surface area contributed by atoms with Gasteiger partial charge in [-0.3, -0.25) is 24.4 Å². The molecule has 2 aromatic carbocycles. The zero-order chi connectivity index (χ0) is 44.5. The molecule has 1 aliphatic carbocycles. The summed E-state index contributed by atoms with van der Waals surface area (Å²) in [6.07, 6.45) is 13.5. The first-order chi connectivity index (χ1) is 29.9. The molecule has 0 bridgehead atoms. The van der Waals surface area contributed by atoms with Crippen molar-refractivity contribution in [2.24, 2.45) is 11.8 Å². The first-order valence-electron chi connectivity index (χ1n) is 21.2. The molecular formula is C46H56LiN7O8S-2. The Hall–Kier alpha value is -5.17. The minimum atomic E-state index is -3.59. The van der Waals surface area contributed by atoms with Gasteiger partial charge in [-0.2, -0.15) is 5.10 Å². The number of imide groups is 1. The smallest absolute Gasteiger partial charge is 0.494 e. The summed E-state index contributed by atoms with van der Waals surface area (Å²) >= 11 is 0. The number of piperidine rings is 1. The van der Waals surface area contributed by atoms with Gasteiger partial charge in [0, 0.05) is 68.0 Å². The van der Waals surface area contributed by atoms with Gasteiger partial charge in [0.25, 0.3) is 0 Å². The molecule has 0 saturated carbocycles. The van der Waals surface area contributed by atoms with E-state index in [9.17, 15) is 32.4 Å². The second-order valence-electron chi connectivity index (χ2n) is 15.3. The van der Waals surface area contributed by atoms with Gasteiger partial charge in [0.05, 0.1) is 18.1 Å². The van der Waals surface area contributed by atoms with Crippen molar-refractivity contribution in [2.75, 3.05) is 37.8 Å². The summed E-state index contributed by atoms with van der Waals surface area (Å²) in [5.74, 6) is -0.741. The molecule has 17 heteroatoms. The van der Waals surface area contributed by atoms with Gasteiger partial charge in [0.2, 0.25) is 32.7 Å². The summed E-state index contributed by atoms with van der Waals surface area (Å²) in [6.45, 7) is 10.4. The van der Waals surface area contributed by atoms with Crippen LogP contribution in [0.1, 0.15) is 97.8 Å². The fraction of sp³-hybridized carbons (Fsp3) is 0.435. The monoisotopic (exact) mass is 873 g/mol. The van der Waals surface area contributed by atoms with Crippen LogP contribution >= 0.6 is 0 Å². The van der Waals surface area contributed by atoms with E-state index in [1.165, 1.54) is 0 Å². The SMILES string of the molecule is O=C1CCC(C2CCC(=O)c3[c-]cccc3C2=O)C(=O)N1.[CH2-]CN(C[CH2-])C(=O)CCCCCCCCOc1ccc(-c2cc(NCCCn3cccn3)nc(S(C)(=O)=O)n2)cc1.[Li+]. The maximum atomic E-state index is 12.7. The van der Waals surface area contributed by atoms with Crippen LogP contribution in [0.25, 0.3) is 11.3 Å². The normalized spacial score (nSPS) is 16.1. The van der Waals surface area contributed by atoms with Crippen molar-refractivity contribution in [3.8, 4) is 17.0 Å². The van der Waals surface area contributed by atoms with Gasteiger partial charge < -0.3 is 38.4 Å². The van der Waals surface area contributed by atoms with E-state index in [1.54, 1.807) is 35.4 Å². The molecule has 0 radical (unpaired) electrons. The second-order valence-corrected chi connectivity index (χ2v) is 17.2. The summed E-state index contributed by atoms with van der Waals surface area (Å²) in [5.41, 5.74) is 1.96. The van der Waals surface area contributed by atoms with Gasteiger partial charge >= 0.3 is 18.9 Å². The van der Waals surface area contributed by atoms with Crippen LogP contribution in [-0.4, -0.2) is 94.9 Å². The fourth-order valence-electron chi connectivity index (χ4n) is 7.33. The van der Waals surface area contributed by atoms with Gasteiger partial charge in [-0.15, -0.1) is 37.4 Å². The number of ketones is 2. The molecule has 1 saturated heterocycles. The molecule has 332 valence electrons. The Bertz CT molecular complexity index is 2250. The van der Waals surface area contributed by atoms with Crippen LogP contribution in [-0.2, 0) is 30.8 Å². The van der Waals surface area contributed by atoms with Crippen LogP contribution in [0, 0.1) is 31.7 Å². The second kappa shape index (κ2) is 25.2. The van der Waals surface area contributed by atoms with Gasteiger partial charge in [-0.1, -0.05) is 36.8 Å². The molecule has 15 nitrogen and oxygen atoms in total. The van der Waals surface area contributed by atoms with Crippen molar-refractivity contribution < 1.29 is 56.0 Å². The number of ether oxygens (including phenoxy) is 1. The number of nitrogens with zero attached hydrogens (tertiary/aromatic N) is 5. The molecule has 2 aliphatic rings. The average molecular weight is 874 g/mol. The predicted octanol–water partition coefficient (Wildman–Crippen LogP) is 3.17. The first-order valence-corrected chi connectivity index (χ1v) is 23.1. The van der Waals surface area contributed by atoms with E-state index in [2.05, 4.69) is 45.6 Å². The Balaban J connectivity index is 0.000000330. The third-order valence-electron chi connectivity index (χ3n) is 10.7. The molecule has 4 aromatic rings.